The first-order valence-corrected chi connectivity index (χ1v) is 5.27. The number of aliphatic hydroxyl groups is 1. The summed E-state index contributed by atoms with van der Waals surface area (Å²) in [6.45, 7) is 3.52. The minimum Gasteiger partial charge on any atom is -0.393 e. The van der Waals surface area contributed by atoms with Crippen LogP contribution in [0.15, 0.2) is 0 Å². The summed E-state index contributed by atoms with van der Waals surface area (Å²) in [6, 6.07) is -0.469. The molecule has 15 heavy (non-hydrogen) atoms. The van der Waals surface area contributed by atoms with Crippen LogP contribution in [-0.4, -0.2) is 35.1 Å². The van der Waals surface area contributed by atoms with Crippen LogP contribution in [0.1, 0.15) is 33.1 Å². The van der Waals surface area contributed by atoms with E-state index in [0.717, 1.165) is 0 Å². The van der Waals surface area contributed by atoms with Gasteiger partial charge in [-0.1, -0.05) is 0 Å². The summed E-state index contributed by atoms with van der Waals surface area (Å²) in [6.07, 6.45) is 1.07. The van der Waals surface area contributed by atoms with Crippen molar-refractivity contribution in [3.8, 4) is 0 Å². The third-order valence-electron chi connectivity index (χ3n) is 2.40. The van der Waals surface area contributed by atoms with Gasteiger partial charge >= 0.3 is 0 Å². The van der Waals surface area contributed by atoms with Crippen LogP contribution < -0.4 is 10.6 Å². The van der Waals surface area contributed by atoms with Gasteiger partial charge in [-0.15, -0.1) is 0 Å². The Kier molecular flexibility index (Phi) is 4.08. The maximum atomic E-state index is 11.6. The summed E-state index contributed by atoms with van der Waals surface area (Å²) >= 11 is 0. The van der Waals surface area contributed by atoms with Crippen LogP contribution >= 0.6 is 0 Å². The summed E-state index contributed by atoms with van der Waals surface area (Å²) in [5.41, 5.74) is 0. The van der Waals surface area contributed by atoms with E-state index in [-0.39, 0.29) is 17.9 Å². The Labute approximate surface area is 89.2 Å². The average Bonchev–Trinajstić information content (AvgIpc) is 2.49. The molecule has 1 aliphatic rings. The zero-order chi connectivity index (χ0) is 11.4. The molecule has 0 radical (unpaired) electrons. The zero-order valence-corrected chi connectivity index (χ0v) is 9.12. The Bertz CT molecular complexity index is 253. The number of hydrogen-bond donors (Lipinski definition) is 3. The van der Waals surface area contributed by atoms with Crippen molar-refractivity contribution in [2.75, 3.05) is 0 Å². The van der Waals surface area contributed by atoms with Crippen molar-refractivity contribution < 1.29 is 14.7 Å². The number of aliphatic hydroxyl groups excluding tert-OH is 1. The van der Waals surface area contributed by atoms with Gasteiger partial charge < -0.3 is 15.7 Å². The highest BCUT2D eigenvalue weighted by Crippen LogP contribution is 2.07. The molecule has 0 aliphatic carbocycles. The van der Waals surface area contributed by atoms with Gasteiger partial charge in [0.25, 0.3) is 0 Å². The molecule has 0 aromatic heterocycles. The van der Waals surface area contributed by atoms with Gasteiger partial charge in [0.15, 0.2) is 0 Å². The summed E-state index contributed by atoms with van der Waals surface area (Å²) in [5, 5.41) is 14.5. The standard InChI is InChI=1S/C10H18N2O3/c1-6(5-7(2)13)11-10(15)8-3-4-9(14)12-8/h6-8,13H,3-5H2,1-2H3,(H,11,15)(H,12,14). The van der Waals surface area contributed by atoms with Crippen molar-refractivity contribution in [3.05, 3.63) is 0 Å². The molecule has 0 aromatic rings. The minimum absolute atomic E-state index is 0.0710. The fourth-order valence-corrected chi connectivity index (χ4v) is 1.72. The first-order chi connectivity index (χ1) is 6.99. The van der Waals surface area contributed by atoms with Crippen LogP contribution in [0.2, 0.25) is 0 Å². The molecule has 0 saturated carbocycles. The molecule has 0 bridgehead atoms. The molecule has 5 heteroatoms. The van der Waals surface area contributed by atoms with Crippen LogP contribution in [0.25, 0.3) is 0 Å². The van der Waals surface area contributed by atoms with Gasteiger partial charge in [0.2, 0.25) is 11.8 Å². The highest BCUT2D eigenvalue weighted by atomic mass is 16.3. The lowest BCUT2D eigenvalue weighted by Gasteiger charge is -2.18. The predicted octanol–water partition coefficient (Wildman–Crippen LogP) is -0.459. The predicted molar refractivity (Wildman–Crippen MR) is 55.1 cm³/mol. The summed E-state index contributed by atoms with van der Waals surface area (Å²) in [5.74, 6) is -0.229. The topological polar surface area (TPSA) is 78.4 Å². The molecule has 86 valence electrons. The Morgan fingerprint density at radius 3 is 2.80 bits per heavy atom. The van der Waals surface area contributed by atoms with E-state index < -0.39 is 12.1 Å². The van der Waals surface area contributed by atoms with E-state index in [0.29, 0.717) is 19.3 Å². The van der Waals surface area contributed by atoms with E-state index in [2.05, 4.69) is 10.6 Å². The van der Waals surface area contributed by atoms with Crippen molar-refractivity contribution in [1.29, 1.82) is 0 Å². The number of amides is 2. The fourth-order valence-electron chi connectivity index (χ4n) is 1.72. The van der Waals surface area contributed by atoms with Crippen LogP contribution in [0.4, 0.5) is 0 Å². The van der Waals surface area contributed by atoms with Crippen LogP contribution in [0.3, 0.4) is 0 Å². The van der Waals surface area contributed by atoms with Crippen LogP contribution in [0, 0.1) is 0 Å². The average molecular weight is 214 g/mol. The molecule has 1 heterocycles. The van der Waals surface area contributed by atoms with Gasteiger partial charge in [-0.05, 0) is 26.7 Å². The van der Waals surface area contributed by atoms with Gasteiger partial charge in [0.1, 0.15) is 6.04 Å². The van der Waals surface area contributed by atoms with E-state index in [1.807, 2.05) is 6.92 Å². The maximum Gasteiger partial charge on any atom is 0.242 e. The number of carbonyl (C=O) groups excluding carboxylic acids is 2. The normalized spacial score (nSPS) is 24.5. The quantitative estimate of drug-likeness (QED) is 0.592. The molecule has 2 amide bonds. The summed E-state index contributed by atoms with van der Waals surface area (Å²) in [4.78, 5) is 22.5. The maximum absolute atomic E-state index is 11.6. The number of hydrogen-bond acceptors (Lipinski definition) is 3. The van der Waals surface area contributed by atoms with Crippen molar-refractivity contribution in [2.45, 2.75) is 51.3 Å². The Balaban J connectivity index is 2.32. The minimum atomic E-state index is -0.432. The van der Waals surface area contributed by atoms with Crippen molar-refractivity contribution in [2.24, 2.45) is 0 Å². The number of nitrogens with one attached hydrogen (secondary N) is 2. The van der Waals surface area contributed by atoms with Gasteiger partial charge in [-0.3, -0.25) is 9.59 Å². The molecule has 1 saturated heterocycles. The SMILES string of the molecule is CC(O)CC(C)NC(=O)C1CCC(=O)N1. The lowest BCUT2D eigenvalue weighted by molar-refractivity contribution is -0.126. The number of carbonyl (C=O) groups is 2. The molecular formula is C10H18N2O3. The van der Waals surface area contributed by atoms with E-state index in [1.54, 1.807) is 6.92 Å². The molecular weight excluding hydrogens is 196 g/mol. The van der Waals surface area contributed by atoms with Crippen molar-refractivity contribution in [3.63, 3.8) is 0 Å². The van der Waals surface area contributed by atoms with Gasteiger partial charge in [-0.25, -0.2) is 0 Å². The third kappa shape index (κ3) is 3.87. The van der Waals surface area contributed by atoms with E-state index in [9.17, 15) is 9.59 Å². The monoisotopic (exact) mass is 214 g/mol. The van der Waals surface area contributed by atoms with Crippen LogP contribution in [-0.2, 0) is 9.59 Å². The second kappa shape index (κ2) is 5.11. The number of rotatable bonds is 4. The van der Waals surface area contributed by atoms with Crippen molar-refractivity contribution >= 4 is 11.8 Å². The molecule has 3 atom stereocenters. The molecule has 1 fully saturated rings. The lowest BCUT2D eigenvalue weighted by atomic mass is 10.1. The molecule has 0 spiro atoms. The van der Waals surface area contributed by atoms with E-state index >= 15 is 0 Å². The highest BCUT2D eigenvalue weighted by Gasteiger charge is 2.27. The fraction of sp³-hybridized carbons (Fsp3) is 0.800. The molecule has 1 aliphatic heterocycles. The lowest BCUT2D eigenvalue weighted by Crippen LogP contribution is -2.45. The molecule has 3 unspecified atom stereocenters. The van der Waals surface area contributed by atoms with E-state index in [4.69, 9.17) is 5.11 Å². The van der Waals surface area contributed by atoms with Crippen LogP contribution in [0.5, 0.6) is 0 Å². The molecule has 1 rings (SSSR count). The summed E-state index contributed by atoms with van der Waals surface area (Å²) < 4.78 is 0. The Hall–Kier alpha value is -1.10. The van der Waals surface area contributed by atoms with Gasteiger partial charge in [0.05, 0.1) is 6.10 Å². The second-order valence-electron chi connectivity index (χ2n) is 4.15. The third-order valence-corrected chi connectivity index (χ3v) is 2.40. The first-order valence-electron chi connectivity index (χ1n) is 5.27. The van der Waals surface area contributed by atoms with Gasteiger partial charge in [0, 0.05) is 12.5 Å². The smallest absolute Gasteiger partial charge is 0.242 e. The molecule has 3 N–H and O–H groups in total. The zero-order valence-electron chi connectivity index (χ0n) is 9.12. The Morgan fingerprint density at radius 2 is 2.33 bits per heavy atom. The molecule has 5 nitrogen and oxygen atoms in total. The second-order valence-corrected chi connectivity index (χ2v) is 4.15. The van der Waals surface area contributed by atoms with Crippen molar-refractivity contribution in [1.82, 2.24) is 10.6 Å². The largest absolute Gasteiger partial charge is 0.393 e. The first kappa shape index (κ1) is 12.0. The Morgan fingerprint density at radius 1 is 1.67 bits per heavy atom. The van der Waals surface area contributed by atoms with Gasteiger partial charge in [-0.2, -0.15) is 0 Å². The summed E-state index contributed by atoms with van der Waals surface area (Å²) in [7, 11) is 0. The highest BCUT2D eigenvalue weighted by molar-refractivity contribution is 5.90. The van der Waals surface area contributed by atoms with E-state index in [1.165, 1.54) is 0 Å². The molecule has 0 aromatic carbocycles.